The van der Waals surface area contributed by atoms with Crippen molar-refractivity contribution < 1.29 is 9.22 Å². The minimum Gasteiger partial charge on any atom is -0.462 e. The number of piperidine rings is 3. The molecule has 294 valence electrons. The number of aromatic nitrogens is 3. The van der Waals surface area contributed by atoms with Crippen LogP contribution in [0.15, 0.2) is 189 Å². The fraction of sp³-hybridized carbons (Fsp3) is 0.167. The summed E-state index contributed by atoms with van der Waals surface area (Å²) in [5, 5.41) is 1.43. The lowest BCUT2D eigenvalue weighted by molar-refractivity contribution is -0.984. The molecule has 0 N–H and O–H groups in total. The maximum absolute atomic E-state index is 7.64. The lowest BCUT2D eigenvalue weighted by Gasteiger charge is -2.58. The molecule has 0 saturated carbocycles. The zero-order valence-corrected chi connectivity index (χ0v) is 34.2. The topological polar surface area (TPSA) is 47.9 Å². The predicted octanol–water partition coefficient (Wildman–Crippen LogP) is 13.1. The molecule has 0 aliphatic carbocycles. The maximum atomic E-state index is 7.64. The van der Waals surface area contributed by atoms with Gasteiger partial charge in [-0.15, -0.1) is 6.58 Å². The Bertz CT molecular complexity index is 2720. The summed E-state index contributed by atoms with van der Waals surface area (Å²) in [4.78, 5) is 14.9. The molecule has 0 spiro atoms. The first-order valence-corrected chi connectivity index (χ1v) is 21.3. The average molecular weight is 802 g/mol. The van der Waals surface area contributed by atoms with Crippen molar-refractivity contribution in [3.63, 3.8) is 0 Å². The number of para-hydroxylation sites is 1. The van der Waals surface area contributed by atoms with E-state index in [-0.39, 0.29) is 6.04 Å². The highest BCUT2D eigenvalue weighted by Crippen LogP contribution is 2.50. The average Bonchev–Trinajstić information content (AvgIpc) is 3.31. The number of hydrogen-bond donors (Lipinski definition) is 0. The summed E-state index contributed by atoms with van der Waals surface area (Å²) >= 11 is 7.24. The molecule has 8 aromatic rings. The number of hydrogen-bond acceptors (Lipinski definition) is 4. The van der Waals surface area contributed by atoms with Gasteiger partial charge in [-0.05, 0) is 64.1 Å². The Morgan fingerprint density at radius 1 is 0.683 bits per heavy atom. The van der Waals surface area contributed by atoms with Crippen molar-refractivity contribution in [2.45, 2.75) is 31.5 Å². The lowest BCUT2D eigenvalue weighted by atomic mass is 9.71. The fourth-order valence-electron chi connectivity index (χ4n) is 10.0. The molecule has 2 bridgehead atoms. The molecule has 3 fully saturated rings. The van der Waals surface area contributed by atoms with Crippen LogP contribution >= 0.6 is 11.6 Å². The SMILES string of the molecule is C=C[C@H]1C[N+]2(Cc3cc(-c4ccccc4)cc(-c4ccccc4)c3)CC[C@H]1C[C@@H]2[C@@H](Oc1nc(-c2ccccc2)nc(Cl)c1-c1ccccc1)c1ccnc2ccccc12. The van der Waals surface area contributed by atoms with E-state index in [0.717, 1.165) is 64.6 Å². The second kappa shape index (κ2) is 16.3. The van der Waals surface area contributed by atoms with Crippen molar-refractivity contribution in [2.75, 3.05) is 13.1 Å². The molecule has 2 aromatic heterocycles. The maximum Gasteiger partial charge on any atom is 0.227 e. The van der Waals surface area contributed by atoms with Crippen LogP contribution in [0.5, 0.6) is 5.88 Å². The predicted molar refractivity (Wildman–Crippen MR) is 244 cm³/mol. The van der Waals surface area contributed by atoms with Gasteiger partial charge in [-0.2, -0.15) is 4.98 Å². The summed E-state index contributed by atoms with van der Waals surface area (Å²) in [5.41, 5.74) is 10.7. The van der Waals surface area contributed by atoms with E-state index in [9.17, 15) is 0 Å². The number of pyridine rings is 1. The quantitative estimate of drug-likeness (QED) is 0.0742. The van der Waals surface area contributed by atoms with Crippen molar-refractivity contribution in [3.8, 4) is 50.6 Å². The van der Waals surface area contributed by atoms with Crippen LogP contribution in [0.3, 0.4) is 0 Å². The Labute approximate surface area is 357 Å². The van der Waals surface area contributed by atoms with E-state index in [2.05, 4.69) is 134 Å². The van der Waals surface area contributed by atoms with Crippen LogP contribution in [0, 0.1) is 11.8 Å². The highest BCUT2D eigenvalue weighted by molar-refractivity contribution is 6.32. The third-order valence-electron chi connectivity index (χ3n) is 12.9. The second-order valence-corrected chi connectivity index (χ2v) is 16.7. The molecular formula is C54H46ClN4O+. The molecule has 60 heavy (non-hydrogen) atoms. The van der Waals surface area contributed by atoms with Crippen LogP contribution in [0.1, 0.15) is 30.1 Å². The van der Waals surface area contributed by atoms with Gasteiger partial charge in [0.15, 0.2) is 11.9 Å². The van der Waals surface area contributed by atoms with Gasteiger partial charge in [0.1, 0.15) is 17.7 Å². The fourth-order valence-corrected chi connectivity index (χ4v) is 10.3. The van der Waals surface area contributed by atoms with E-state index in [1.54, 1.807) is 0 Å². The van der Waals surface area contributed by atoms with Gasteiger partial charge in [0.05, 0.1) is 24.2 Å². The summed E-state index contributed by atoms with van der Waals surface area (Å²) in [5.74, 6) is 1.89. The van der Waals surface area contributed by atoms with E-state index in [1.165, 1.54) is 27.8 Å². The normalized spacial score (nSPS) is 20.1. The molecule has 5 atom stereocenters. The molecule has 11 rings (SSSR count). The van der Waals surface area contributed by atoms with Crippen LogP contribution < -0.4 is 4.74 Å². The molecule has 0 radical (unpaired) electrons. The van der Waals surface area contributed by atoms with E-state index in [1.807, 2.05) is 54.7 Å². The van der Waals surface area contributed by atoms with Crippen molar-refractivity contribution in [1.82, 2.24) is 15.0 Å². The lowest BCUT2D eigenvalue weighted by Crippen LogP contribution is -2.68. The Kier molecular flexibility index (Phi) is 10.3. The van der Waals surface area contributed by atoms with E-state index in [0.29, 0.717) is 34.3 Å². The minimum atomic E-state index is -0.394. The first kappa shape index (κ1) is 37.8. The number of quaternary nitrogens is 1. The van der Waals surface area contributed by atoms with Gasteiger partial charge in [-0.3, -0.25) is 4.98 Å². The Morgan fingerprint density at radius 3 is 1.93 bits per heavy atom. The van der Waals surface area contributed by atoms with Crippen LogP contribution in [-0.4, -0.2) is 38.6 Å². The van der Waals surface area contributed by atoms with Gasteiger partial charge in [0, 0.05) is 47.0 Å². The van der Waals surface area contributed by atoms with E-state index < -0.39 is 6.10 Å². The van der Waals surface area contributed by atoms with Gasteiger partial charge in [-0.25, -0.2) is 4.98 Å². The zero-order chi connectivity index (χ0) is 40.5. The second-order valence-electron chi connectivity index (χ2n) is 16.4. The molecule has 1 unspecified atom stereocenters. The van der Waals surface area contributed by atoms with Crippen molar-refractivity contribution in [2.24, 2.45) is 11.8 Å². The van der Waals surface area contributed by atoms with Gasteiger partial charge < -0.3 is 9.22 Å². The highest BCUT2D eigenvalue weighted by Gasteiger charge is 2.55. The van der Waals surface area contributed by atoms with Crippen LogP contribution in [0.2, 0.25) is 5.15 Å². The summed E-state index contributed by atoms with van der Waals surface area (Å²) in [6.45, 7) is 7.25. The molecule has 3 aliphatic heterocycles. The molecular weight excluding hydrogens is 756 g/mol. The smallest absolute Gasteiger partial charge is 0.227 e. The largest absolute Gasteiger partial charge is 0.462 e. The van der Waals surface area contributed by atoms with E-state index >= 15 is 0 Å². The summed E-state index contributed by atoms with van der Waals surface area (Å²) < 4.78 is 8.50. The first-order valence-electron chi connectivity index (χ1n) is 21.0. The molecule has 3 saturated heterocycles. The van der Waals surface area contributed by atoms with E-state index in [4.69, 9.17) is 31.3 Å². The number of rotatable bonds is 11. The van der Waals surface area contributed by atoms with Crippen LogP contribution in [0.4, 0.5) is 0 Å². The Morgan fingerprint density at radius 2 is 1.28 bits per heavy atom. The third-order valence-corrected chi connectivity index (χ3v) is 13.2. The number of halogens is 1. The van der Waals surface area contributed by atoms with Crippen LogP contribution in [-0.2, 0) is 6.54 Å². The number of benzene rings is 6. The third kappa shape index (κ3) is 7.29. The summed E-state index contributed by atoms with van der Waals surface area (Å²) in [7, 11) is 0. The van der Waals surface area contributed by atoms with Gasteiger partial charge in [0.2, 0.25) is 5.88 Å². The van der Waals surface area contributed by atoms with Gasteiger partial charge in [-0.1, -0.05) is 157 Å². The molecule has 0 amide bonds. The van der Waals surface area contributed by atoms with Gasteiger partial charge in [0.25, 0.3) is 0 Å². The molecule has 5 heterocycles. The molecule has 3 aliphatic rings. The van der Waals surface area contributed by atoms with Crippen molar-refractivity contribution in [3.05, 3.63) is 205 Å². The molecule has 6 heteroatoms. The molecule has 5 nitrogen and oxygen atoms in total. The Balaban J connectivity index is 1.16. The molecule has 6 aromatic carbocycles. The zero-order valence-electron chi connectivity index (χ0n) is 33.4. The number of ether oxygens (including phenoxy) is 1. The first-order chi connectivity index (χ1) is 29.5. The van der Waals surface area contributed by atoms with Crippen molar-refractivity contribution in [1.29, 1.82) is 0 Å². The van der Waals surface area contributed by atoms with Gasteiger partial charge >= 0.3 is 0 Å². The summed E-state index contributed by atoms with van der Waals surface area (Å²) in [6.07, 6.45) is 5.86. The monoisotopic (exact) mass is 801 g/mol. The summed E-state index contributed by atoms with van der Waals surface area (Å²) in [6, 6.07) is 59.5. The number of nitrogens with zero attached hydrogens (tertiary/aromatic N) is 4. The van der Waals surface area contributed by atoms with Crippen molar-refractivity contribution >= 4 is 22.5 Å². The number of fused-ring (bicyclic) bond motifs is 4. The standard InChI is InChI=1S/C54H46ClN4O/c1-2-38-36-59(35-37-31-44(39-17-7-3-8-18-39)33-45(32-37)40-19-9-4-10-20-40)30-28-43(38)34-49(59)51(47-27-29-56-48-26-16-15-25-46(47)48)60-54-50(41-21-11-5-12-22-41)52(55)57-53(58-54)42-23-13-6-14-24-42/h2-27,29,31-33,38,43,49,51H,1,28,30,34-36H2/q+1/t38-,43-,49+,51-,59?/m0/s1. The minimum absolute atomic E-state index is 0.0730. The highest BCUT2D eigenvalue weighted by atomic mass is 35.5. The van der Waals surface area contributed by atoms with Crippen LogP contribution in [0.25, 0.3) is 55.7 Å². The Hall–Kier alpha value is -6.40.